The lowest BCUT2D eigenvalue weighted by atomic mass is 9.68. The van der Waals surface area contributed by atoms with Crippen LogP contribution >= 0.6 is 23.6 Å². The number of thiocarbonyl (C=S) groups is 1. The Morgan fingerprint density at radius 1 is 1.53 bits per heavy atom. The highest BCUT2D eigenvalue weighted by Crippen LogP contribution is 2.42. The molecule has 19 heavy (non-hydrogen) atoms. The van der Waals surface area contributed by atoms with Gasteiger partial charge in [-0.2, -0.15) is 0 Å². The fraction of sp³-hybridized carbons (Fsp3) is 0.571. The van der Waals surface area contributed by atoms with Crippen molar-refractivity contribution in [3.05, 3.63) is 22.4 Å². The maximum atomic E-state index is 12.5. The molecular formula is C14H20N2OS2. The summed E-state index contributed by atoms with van der Waals surface area (Å²) < 4.78 is 0. The first-order valence-electron chi connectivity index (χ1n) is 6.61. The number of thiophene rings is 1. The lowest BCUT2D eigenvalue weighted by molar-refractivity contribution is -0.132. The van der Waals surface area contributed by atoms with Gasteiger partial charge in [-0.05, 0) is 30.2 Å². The van der Waals surface area contributed by atoms with Gasteiger partial charge in [-0.25, -0.2) is 0 Å². The summed E-state index contributed by atoms with van der Waals surface area (Å²) in [4.78, 5) is 14.0. The van der Waals surface area contributed by atoms with Crippen molar-refractivity contribution in [3.8, 4) is 0 Å². The average Bonchev–Trinajstić information content (AvgIpc) is 2.76. The minimum Gasteiger partial charge on any atom is -0.392 e. The van der Waals surface area contributed by atoms with Crippen molar-refractivity contribution in [2.45, 2.75) is 39.2 Å². The maximum absolute atomic E-state index is 12.5. The average molecular weight is 296 g/mol. The van der Waals surface area contributed by atoms with Crippen LogP contribution in [0.4, 0.5) is 0 Å². The predicted molar refractivity (Wildman–Crippen MR) is 83.1 cm³/mol. The molecule has 3 nitrogen and oxygen atoms in total. The van der Waals surface area contributed by atoms with Crippen molar-refractivity contribution in [2.75, 3.05) is 0 Å². The van der Waals surface area contributed by atoms with Gasteiger partial charge in [0.25, 0.3) is 0 Å². The largest absolute Gasteiger partial charge is 0.392 e. The summed E-state index contributed by atoms with van der Waals surface area (Å²) in [7, 11) is 0. The first-order chi connectivity index (χ1) is 8.97. The molecule has 1 aliphatic rings. The quantitative estimate of drug-likeness (QED) is 0.821. The summed E-state index contributed by atoms with van der Waals surface area (Å²) in [5, 5.41) is 5.18. The molecule has 1 saturated carbocycles. The first-order valence-corrected chi connectivity index (χ1v) is 7.90. The number of nitrogens with two attached hydrogens (primary N) is 1. The van der Waals surface area contributed by atoms with E-state index in [-0.39, 0.29) is 11.9 Å². The van der Waals surface area contributed by atoms with Crippen LogP contribution < -0.4 is 11.1 Å². The molecule has 1 fully saturated rings. The second kappa shape index (κ2) is 5.59. The van der Waals surface area contributed by atoms with E-state index in [4.69, 9.17) is 18.0 Å². The summed E-state index contributed by atoms with van der Waals surface area (Å²) in [5.41, 5.74) is 5.18. The van der Waals surface area contributed by atoms with Gasteiger partial charge in [0.2, 0.25) is 5.91 Å². The molecule has 1 heterocycles. The van der Waals surface area contributed by atoms with Crippen LogP contribution in [0.15, 0.2) is 17.5 Å². The molecule has 2 rings (SSSR count). The van der Waals surface area contributed by atoms with Crippen molar-refractivity contribution in [1.82, 2.24) is 5.32 Å². The second-order valence-electron chi connectivity index (χ2n) is 5.51. The molecule has 5 heteroatoms. The van der Waals surface area contributed by atoms with Gasteiger partial charge < -0.3 is 11.1 Å². The summed E-state index contributed by atoms with van der Waals surface area (Å²) in [6.07, 6.45) is 2.59. The van der Waals surface area contributed by atoms with Crippen LogP contribution in [0.2, 0.25) is 0 Å². The van der Waals surface area contributed by atoms with E-state index >= 15 is 0 Å². The van der Waals surface area contributed by atoms with Gasteiger partial charge in [0.1, 0.15) is 0 Å². The van der Waals surface area contributed by atoms with Crippen molar-refractivity contribution in [2.24, 2.45) is 17.1 Å². The second-order valence-corrected chi connectivity index (χ2v) is 6.93. The van der Waals surface area contributed by atoms with Gasteiger partial charge in [0.05, 0.1) is 16.4 Å². The van der Waals surface area contributed by atoms with E-state index in [9.17, 15) is 4.79 Å². The molecule has 0 aromatic carbocycles. The number of carbonyl (C=O) groups excluding carboxylic acids is 1. The van der Waals surface area contributed by atoms with Crippen LogP contribution in [-0.4, -0.2) is 10.9 Å². The maximum Gasteiger partial charge on any atom is 0.233 e. The third kappa shape index (κ3) is 2.67. The third-order valence-electron chi connectivity index (χ3n) is 3.92. The van der Waals surface area contributed by atoms with Crippen LogP contribution in [-0.2, 0) is 4.79 Å². The number of carbonyl (C=O) groups is 1. The zero-order chi connectivity index (χ0) is 14.0. The zero-order valence-corrected chi connectivity index (χ0v) is 12.9. The molecule has 104 valence electrons. The number of rotatable bonds is 5. The Bertz CT molecular complexity index is 464. The Labute approximate surface area is 123 Å². The van der Waals surface area contributed by atoms with Crippen LogP contribution in [0.1, 0.15) is 44.0 Å². The molecule has 0 spiro atoms. The van der Waals surface area contributed by atoms with Gasteiger partial charge in [-0.3, -0.25) is 4.79 Å². The molecule has 1 atom stereocenters. The molecule has 3 N–H and O–H groups in total. The highest BCUT2D eigenvalue weighted by atomic mass is 32.1. The molecule has 0 aliphatic heterocycles. The topological polar surface area (TPSA) is 55.1 Å². The molecule has 0 radical (unpaired) electrons. The Balaban J connectivity index is 2.14. The van der Waals surface area contributed by atoms with Gasteiger partial charge in [0.15, 0.2) is 0 Å². The smallest absolute Gasteiger partial charge is 0.233 e. The minimum atomic E-state index is -0.597. The van der Waals surface area contributed by atoms with Crippen molar-refractivity contribution >= 4 is 34.5 Å². The lowest BCUT2D eigenvalue weighted by Gasteiger charge is -2.40. The first kappa shape index (κ1) is 14.5. The highest BCUT2D eigenvalue weighted by molar-refractivity contribution is 7.80. The summed E-state index contributed by atoms with van der Waals surface area (Å²) in [5.74, 6) is 0.337. The Kier molecular flexibility index (Phi) is 4.26. The molecule has 0 saturated heterocycles. The molecule has 0 bridgehead atoms. The van der Waals surface area contributed by atoms with Gasteiger partial charge >= 0.3 is 0 Å². The number of hydrogen-bond acceptors (Lipinski definition) is 3. The van der Waals surface area contributed by atoms with Crippen LogP contribution in [0.5, 0.6) is 0 Å². The van der Waals surface area contributed by atoms with E-state index in [1.807, 2.05) is 11.4 Å². The van der Waals surface area contributed by atoms with E-state index in [0.717, 1.165) is 19.3 Å². The van der Waals surface area contributed by atoms with E-state index < -0.39 is 5.41 Å². The fourth-order valence-corrected chi connectivity index (χ4v) is 3.68. The van der Waals surface area contributed by atoms with Gasteiger partial charge in [-0.1, -0.05) is 38.6 Å². The summed E-state index contributed by atoms with van der Waals surface area (Å²) in [6, 6.07) is 4.11. The Morgan fingerprint density at radius 3 is 2.58 bits per heavy atom. The SMILES string of the molecule is CC(C)C(NC(=O)C1(C(N)=S)CCC1)c1cccs1. The Hall–Kier alpha value is -0.940. The number of nitrogens with one attached hydrogen (secondary N) is 1. The molecular weight excluding hydrogens is 276 g/mol. The normalized spacial score (nSPS) is 18.7. The third-order valence-corrected chi connectivity index (χ3v) is 5.26. The van der Waals surface area contributed by atoms with E-state index in [2.05, 4.69) is 25.2 Å². The number of amides is 1. The Morgan fingerprint density at radius 2 is 2.21 bits per heavy atom. The van der Waals surface area contributed by atoms with Crippen molar-refractivity contribution < 1.29 is 4.79 Å². The van der Waals surface area contributed by atoms with E-state index in [1.165, 1.54) is 4.88 Å². The fourth-order valence-electron chi connectivity index (χ4n) is 2.43. The number of hydrogen-bond donors (Lipinski definition) is 2. The zero-order valence-electron chi connectivity index (χ0n) is 11.3. The van der Waals surface area contributed by atoms with E-state index in [0.29, 0.717) is 10.9 Å². The molecule has 1 amide bonds. The molecule has 1 aromatic heterocycles. The molecule has 1 unspecified atom stereocenters. The van der Waals surface area contributed by atoms with Crippen LogP contribution in [0, 0.1) is 11.3 Å². The lowest BCUT2D eigenvalue weighted by Crippen LogP contribution is -2.54. The van der Waals surface area contributed by atoms with E-state index in [1.54, 1.807) is 11.3 Å². The van der Waals surface area contributed by atoms with Crippen LogP contribution in [0.3, 0.4) is 0 Å². The summed E-state index contributed by atoms with van der Waals surface area (Å²) >= 11 is 6.76. The van der Waals surface area contributed by atoms with Gasteiger partial charge in [0, 0.05) is 4.88 Å². The molecule has 1 aliphatic carbocycles. The van der Waals surface area contributed by atoms with Gasteiger partial charge in [-0.15, -0.1) is 11.3 Å². The minimum absolute atomic E-state index is 0.00153. The summed E-state index contributed by atoms with van der Waals surface area (Å²) in [6.45, 7) is 4.22. The standard InChI is InChI=1S/C14H20N2OS2/c1-9(2)11(10-5-3-8-19-10)16-13(17)14(12(15)18)6-4-7-14/h3,5,8-9,11H,4,6-7H2,1-2H3,(H2,15,18)(H,16,17). The van der Waals surface area contributed by atoms with Crippen molar-refractivity contribution in [1.29, 1.82) is 0 Å². The molecule has 1 aromatic rings. The monoisotopic (exact) mass is 296 g/mol. The highest BCUT2D eigenvalue weighted by Gasteiger charge is 2.47. The predicted octanol–water partition coefficient (Wildman–Crippen LogP) is 3.02. The van der Waals surface area contributed by atoms with Crippen molar-refractivity contribution in [3.63, 3.8) is 0 Å². The van der Waals surface area contributed by atoms with Crippen LogP contribution in [0.25, 0.3) is 0 Å².